The zero-order valence-electron chi connectivity index (χ0n) is 12.4. The van der Waals surface area contributed by atoms with Gasteiger partial charge in [-0.25, -0.2) is 9.97 Å². The van der Waals surface area contributed by atoms with Gasteiger partial charge in [0.2, 0.25) is 5.88 Å². The Morgan fingerprint density at radius 2 is 2.09 bits per heavy atom. The maximum absolute atomic E-state index is 12.6. The number of ether oxygens (including phenoxy) is 1. The van der Waals surface area contributed by atoms with E-state index < -0.39 is 0 Å². The van der Waals surface area contributed by atoms with E-state index >= 15 is 0 Å². The van der Waals surface area contributed by atoms with Crippen LogP contribution >= 0.6 is 11.3 Å². The molecular formula is C17H15N3O2S. The molecular weight excluding hydrogens is 310 g/mol. The van der Waals surface area contributed by atoms with Gasteiger partial charge < -0.3 is 9.64 Å². The molecule has 1 atom stereocenters. The molecule has 0 N–H and O–H groups in total. The molecule has 116 valence electrons. The number of hydrogen-bond acceptors (Lipinski definition) is 5. The first-order valence-electron chi connectivity index (χ1n) is 7.52. The summed E-state index contributed by atoms with van der Waals surface area (Å²) in [6.07, 6.45) is 2.50. The number of para-hydroxylation sites is 1. The van der Waals surface area contributed by atoms with Crippen LogP contribution in [0.15, 0.2) is 48.7 Å². The van der Waals surface area contributed by atoms with Crippen molar-refractivity contribution in [1.82, 2.24) is 14.9 Å². The van der Waals surface area contributed by atoms with Gasteiger partial charge in [-0.1, -0.05) is 18.2 Å². The number of fused-ring (bicyclic) bond motifs is 1. The number of hydrogen-bond donors (Lipinski definition) is 0. The van der Waals surface area contributed by atoms with Gasteiger partial charge in [0, 0.05) is 25.2 Å². The van der Waals surface area contributed by atoms with Crippen LogP contribution in [0, 0.1) is 0 Å². The lowest BCUT2D eigenvalue weighted by atomic mass is 10.3. The van der Waals surface area contributed by atoms with Gasteiger partial charge in [-0.3, -0.25) is 4.79 Å². The van der Waals surface area contributed by atoms with Crippen LogP contribution in [0.5, 0.6) is 5.88 Å². The van der Waals surface area contributed by atoms with E-state index in [2.05, 4.69) is 9.97 Å². The SMILES string of the molecule is O=C(c1nc2ccccc2s1)N1CCC(Oc2ccccn2)C1. The van der Waals surface area contributed by atoms with Crippen molar-refractivity contribution in [3.63, 3.8) is 0 Å². The third-order valence-electron chi connectivity index (χ3n) is 3.83. The minimum atomic E-state index is -0.0154. The van der Waals surface area contributed by atoms with Crippen molar-refractivity contribution < 1.29 is 9.53 Å². The van der Waals surface area contributed by atoms with Crippen molar-refractivity contribution in [2.24, 2.45) is 0 Å². The van der Waals surface area contributed by atoms with Crippen molar-refractivity contribution in [2.75, 3.05) is 13.1 Å². The smallest absolute Gasteiger partial charge is 0.283 e. The molecule has 0 spiro atoms. The van der Waals surface area contributed by atoms with Crippen molar-refractivity contribution in [3.8, 4) is 5.88 Å². The van der Waals surface area contributed by atoms with Gasteiger partial charge in [0.15, 0.2) is 5.01 Å². The van der Waals surface area contributed by atoms with Crippen LogP contribution in [0.4, 0.5) is 0 Å². The Balaban J connectivity index is 1.45. The molecule has 0 radical (unpaired) electrons. The zero-order chi connectivity index (χ0) is 15.6. The molecule has 1 amide bonds. The highest BCUT2D eigenvalue weighted by molar-refractivity contribution is 7.20. The van der Waals surface area contributed by atoms with E-state index in [0.717, 1.165) is 16.6 Å². The summed E-state index contributed by atoms with van der Waals surface area (Å²) < 4.78 is 6.87. The maximum Gasteiger partial charge on any atom is 0.283 e. The lowest BCUT2D eigenvalue weighted by Crippen LogP contribution is -2.30. The van der Waals surface area contributed by atoms with E-state index in [0.29, 0.717) is 24.0 Å². The minimum absolute atomic E-state index is 0.0109. The van der Waals surface area contributed by atoms with E-state index in [1.165, 1.54) is 11.3 Å². The van der Waals surface area contributed by atoms with Crippen LogP contribution in [0.1, 0.15) is 16.2 Å². The molecule has 3 aromatic rings. The van der Waals surface area contributed by atoms with Crippen LogP contribution in [0.2, 0.25) is 0 Å². The van der Waals surface area contributed by atoms with Crippen molar-refractivity contribution >= 4 is 27.5 Å². The van der Waals surface area contributed by atoms with Gasteiger partial charge >= 0.3 is 0 Å². The van der Waals surface area contributed by atoms with Gasteiger partial charge in [-0.15, -0.1) is 11.3 Å². The number of carbonyl (C=O) groups is 1. The molecule has 0 saturated carbocycles. The summed E-state index contributed by atoms with van der Waals surface area (Å²) in [4.78, 5) is 23.0. The number of benzene rings is 1. The molecule has 23 heavy (non-hydrogen) atoms. The van der Waals surface area contributed by atoms with E-state index in [1.807, 2.05) is 47.4 Å². The third-order valence-corrected chi connectivity index (χ3v) is 4.86. The molecule has 1 aromatic carbocycles. The van der Waals surface area contributed by atoms with Gasteiger partial charge in [0.25, 0.3) is 5.91 Å². The predicted molar refractivity (Wildman–Crippen MR) is 88.8 cm³/mol. The van der Waals surface area contributed by atoms with Crippen molar-refractivity contribution in [1.29, 1.82) is 0 Å². The summed E-state index contributed by atoms with van der Waals surface area (Å²) in [7, 11) is 0. The Morgan fingerprint density at radius 1 is 1.22 bits per heavy atom. The second-order valence-corrected chi connectivity index (χ2v) is 6.47. The molecule has 2 aromatic heterocycles. The largest absolute Gasteiger partial charge is 0.472 e. The summed E-state index contributed by atoms with van der Waals surface area (Å²) in [6.45, 7) is 1.26. The fraction of sp³-hybridized carbons (Fsp3) is 0.235. The van der Waals surface area contributed by atoms with Crippen LogP contribution in [0.25, 0.3) is 10.2 Å². The highest BCUT2D eigenvalue weighted by Crippen LogP contribution is 2.24. The monoisotopic (exact) mass is 325 g/mol. The molecule has 0 bridgehead atoms. The van der Waals surface area contributed by atoms with Gasteiger partial charge in [-0.2, -0.15) is 0 Å². The zero-order valence-corrected chi connectivity index (χ0v) is 13.2. The summed E-state index contributed by atoms with van der Waals surface area (Å²) in [5.41, 5.74) is 0.876. The molecule has 1 fully saturated rings. The molecule has 1 aliphatic heterocycles. The van der Waals surface area contributed by atoms with Crippen LogP contribution in [0.3, 0.4) is 0 Å². The summed E-state index contributed by atoms with van der Waals surface area (Å²) in [5, 5.41) is 0.546. The second kappa shape index (κ2) is 5.96. The summed E-state index contributed by atoms with van der Waals surface area (Å²) >= 11 is 1.44. The van der Waals surface area contributed by atoms with Gasteiger partial charge in [0.05, 0.1) is 16.8 Å². The molecule has 1 unspecified atom stereocenters. The molecule has 1 aliphatic rings. The average molecular weight is 325 g/mol. The molecule has 6 heteroatoms. The summed E-state index contributed by atoms with van der Waals surface area (Å²) in [6, 6.07) is 13.4. The van der Waals surface area contributed by atoms with Crippen molar-refractivity contribution in [3.05, 3.63) is 53.7 Å². The van der Waals surface area contributed by atoms with Gasteiger partial charge in [0.1, 0.15) is 6.10 Å². The highest BCUT2D eigenvalue weighted by atomic mass is 32.1. The Labute approximate surface area is 137 Å². The Morgan fingerprint density at radius 3 is 2.91 bits per heavy atom. The number of amides is 1. The number of pyridine rings is 1. The first-order valence-corrected chi connectivity index (χ1v) is 8.34. The van der Waals surface area contributed by atoms with Crippen LogP contribution in [-0.4, -0.2) is 40.0 Å². The summed E-state index contributed by atoms with van der Waals surface area (Å²) in [5.74, 6) is 0.588. The first kappa shape index (κ1) is 14.1. The average Bonchev–Trinajstić information content (AvgIpc) is 3.21. The molecule has 3 heterocycles. The molecule has 4 rings (SSSR count). The fourth-order valence-corrected chi connectivity index (χ4v) is 3.63. The number of thiazole rings is 1. The van der Waals surface area contributed by atoms with E-state index in [4.69, 9.17) is 4.74 Å². The van der Waals surface area contributed by atoms with E-state index in [1.54, 1.807) is 6.20 Å². The number of aromatic nitrogens is 2. The van der Waals surface area contributed by atoms with E-state index in [-0.39, 0.29) is 12.0 Å². The van der Waals surface area contributed by atoms with Crippen LogP contribution < -0.4 is 4.74 Å². The van der Waals surface area contributed by atoms with Gasteiger partial charge in [-0.05, 0) is 18.2 Å². The van der Waals surface area contributed by atoms with Crippen molar-refractivity contribution in [2.45, 2.75) is 12.5 Å². The molecule has 1 saturated heterocycles. The number of nitrogens with zero attached hydrogens (tertiary/aromatic N) is 3. The second-order valence-electron chi connectivity index (χ2n) is 5.43. The predicted octanol–water partition coefficient (Wildman–Crippen LogP) is 2.98. The van der Waals surface area contributed by atoms with Crippen LogP contribution in [-0.2, 0) is 0 Å². The third kappa shape index (κ3) is 2.90. The lowest BCUT2D eigenvalue weighted by Gasteiger charge is -2.15. The quantitative estimate of drug-likeness (QED) is 0.743. The lowest BCUT2D eigenvalue weighted by molar-refractivity contribution is 0.0771. The standard InChI is InChI=1S/C17H15N3O2S/c21-17(16-19-13-5-1-2-6-14(13)23-16)20-10-8-12(11-20)22-15-7-3-4-9-18-15/h1-7,9,12H,8,10-11H2. The fourth-order valence-electron chi connectivity index (χ4n) is 2.70. The Hall–Kier alpha value is -2.47. The topological polar surface area (TPSA) is 55.3 Å². The Bertz CT molecular complexity index is 801. The van der Waals surface area contributed by atoms with E-state index in [9.17, 15) is 4.79 Å². The number of rotatable bonds is 3. The normalized spacial score (nSPS) is 17.6. The first-order chi connectivity index (χ1) is 11.3. The number of likely N-dealkylation sites (tertiary alicyclic amines) is 1. The molecule has 0 aliphatic carbocycles. The molecule has 5 nitrogen and oxygen atoms in total. The Kier molecular flexibility index (Phi) is 3.67. The minimum Gasteiger partial charge on any atom is -0.472 e. The number of carbonyl (C=O) groups excluding carboxylic acids is 1. The highest BCUT2D eigenvalue weighted by Gasteiger charge is 2.30. The maximum atomic E-state index is 12.6.